The van der Waals surface area contributed by atoms with Gasteiger partial charge in [-0.25, -0.2) is 9.97 Å². The van der Waals surface area contributed by atoms with Gasteiger partial charge in [-0.1, -0.05) is 18.2 Å². The van der Waals surface area contributed by atoms with Crippen molar-refractivity contribution in [3.05, 3.63) is 47.8 Å². The molecule has 0 unspecified atom stereocenters. The Morgan fingerprint density at radius 2 is 1.58 bits per heavy atom. The molecule has 2 aromatic rings. The highest BCUT2D eigenvalue weighted by molar-refractivity contribution is 5.79. The summed E-state index contributed by atoms with van der Waals surface area (Å²) in [5, 5.41) is 0. The van der Waals surface area contributed by atoms with E-state index in [1.165, 1.54) is 6.07 Å². The molecule has 2 saturated heterocycles. The smallest absolute Gasteiger partial charge is 0.378 e. The number of halogens is 3. The zero-order chi connectivity index (χ0) is 21.8. The van der Waals surface area contributed by atoms with Gasteiger partial charge >= 0.3 is 6.18 Å². The molecule has 1 aromatic heterocycles. The zero-order valence-electron chi connectivity index (χ0n) is 17.0. The van der Waals surface area contributed by atoms with E-state index < -0.39 is 11.7 Å². The van der Waals surface area contributed by atoms with Crippen LogP contribution in [-0.4, -0.2) is 73.3 Å². The van der Waals surface area contributed by atoms with E-state index in [0.29, 0.717) is 45.0 Å². The van der Waals surface area contributed by atoms with Gasteiger partial charge in [0.2, 0.25) is 5.91 Å². The molecular formula is C21H24F3N5O2. The molecule has 2 fully saturated rings. The molecule has 1 aromatic carbocycles. The predicted octanol–water partition coefficient (Wildman–Crippen LogP) is 2.22. The van der Waals surface area contributed by atoms with Crippen LogP contribution in [0.5, 0.6) is 0 Å². The van der Waals surface area contributed by atoms with E-state index in [4.69, 9.17) is 4.74 Å². The molecule has 3 heterocycles. The first kappa shape index (κ1) is 21.4. The maximum Gasteiger partial charge on any atom is 0.416 e. The summed E-state index contributed by atoms with van der Waals surface area (Å²) < 4.78 is 44.1. The Kier molecular flexibility index (Phi) is 6.26. The minimum atomic E-state index is -4.41. The molecular weight excluding hydrogens is 411 g/mol. The van der Waals surface area contributed by atoms with Crippen molar-refractivity contribution in [1.29, 1.82) is 0 Å². The Morgan fingerprint density at radius 1 is 0.935 bits per heavy atom. The normalized spacial score (nSPS) is 17.7. The third-order valence-electron chi connectivity index (χ3n) is 5.54. The van der Waals surface area contributed by atoms with E-state index in [-0.39, 0.29) is 12.3 Å². The second-order valence-corrected chi connectivity index (χ2v) is 7.58. The number of morpholine rings is 1. The van der Waals surface area contributed by atoms with Gasteiger partial charge in [-0.05, 0) is 11.6 Å². The molecule has 2 aliphatic rings. The van der Waals surface area contributed by atoms with Gasteiger partial charge in [0, 0.05) is 45.3 Å². The number of aromatic nitrogens is 2. The third-order valence-corrected chi connectivity index (χ3v) is 5.54. The predicted molar refractivity (Wildman–Crippen MR) is 109 cm³/mol. The molecule has 0 radical (unpaired) electrons. The molecule has 0 spiro atoms. The Hall–Kier alpha value is -2.88. The average molecular weight is 435 g/mol. The number of alkyl halides is 3. The number of carbonyl (C=O) groups is 1. The largest absolute Gasteiger partial charge is 0.416 e. The second-order valence-electron chi connectivity index (χ2n) is 7.58. The minimum absolute atomic E-state index is 0.0430. The van der Waals surface area contributed by atoms with E-state index >= 15 is 0 Å². The highest BCUT2D eigenvalue weighted by Crippen LogP contribution is 2.29. The fourth-order valence-electron chi connectivity index (χ4n) is 3.80. The molecule has 7 nitrogen and oxygen atoms in total. The number of hydrogen-bond donors (Lipinski definition) is 0. The summed E-state index contributed by atoms with van der Waals surface area (Å²) in [6.45, 7) is 5.12. The number of nitrogens with zero attached hydrogens (tertiary/aromatic N) is 5. The molecule has 0 bridgehead atoms. The van der Waals surface area contributed by atoms with Crippen LogP contribution in [0.25, 0.3) is 0 Å². The van der Waals surface area contributed by atoms with Gasteiger partial charge in [0.1, 0.15) is 18.0 Å². The Labute approximate surface area is 178 Å². The molecule has 166 valence electrons. The summed E-state index contributed by atoms with van der Waals surface area (Å²) in [5.41, 5.74) is -0.365. The van der Waals surface area contributed by atoms with Crippen LogP contribution in [0.3, 0.4) is 0 Å². The summed E-state index contributed by atoms with van der Waals surface area (Å²) in [6.07, 6.45) is -2.91. The van der Waals surface area contributed by atoms with Crippen LogP contribution in [0.15, 0.2) is 36.7 Å². The van der Waals surface area contributed by atoms with Crippen molar-refractivity contribution in [1.82, 2.24) is 14.9 Å². The number of hydrogen-bond acceptors (Lipinski definition) is 6. The highest BCUT2D eigenvalue weighted by atomic mass is 19.4. The highest BCUT2D eigenvalue weighted by Gasteiger charge is 2.31. The topological polar surface area (TPSA) is 61.8 Å². The molecule has 31 heavy (non-hydrogen) atoms. The molecule has 1 amide bonds. The van der Waals surface area contributed by atoms with Gasteiger partial charge in [0.15, 0.2) is 0 Å². The van der Waals surface area contributed by atoms with Gasteiger partial charge in [-0.2, -0.15) is 13.2 Å². The zero-order valence-corrected chi connectivity index (χ0v) is 17.0. The van der Waals surface area contributed by atoms with Crippen molar-refractivity contribution in [3.8, 4) is 0 Å². The monoisotopic (exact) mass is 435 g/mol. The van der Waals surface area contributed by atoms with Crippen molar-refractivity contribution in [2.24, 2.45) is 0 Å². The second kappa shape index (κ2) is 9.09. The lowest BCUT2D eigenvalue weighted by Crippen LogP contribution is -2.49. The van der Waals surface area contributed by atoms with E-state index in [1.54, 1.807) is 17.3 Å². The molecule has 0 aliphatic carbocycles. The standard InChI is InChI=1S/C21H24F3N5O2/c22-21(23,24)17-3-1-2-16(12-17)13-20(30)29-6-4-27(5-7-29)18-14-19(26-15-25-18)28-8-10-31-11-9-28/h1-3,12,14-15H,4-11,13H2. The van der Waals surface area contributed by atoms with Crippen molar-refractivity contribution < 1.29 is 22.7 Å². The van der Waals surface area contributed by atoms with Crippen LogP contribution in [0.2, 0.25) is 0 Å². The fraction of sp³-hybridized carbons (Fsp3) is 0.476. The van der Waals surface area contributed by atoms with Crippen molar-refractivity contribution in [3.63, 3.8) is 0 Å². The lowest BCUT2D eigenvalue weighted by Gasteiger charge is -2.36. The first-order chi connectivity index (χ1) is 14.9. The van der Waals surface area contributed by atoms with Crippen LogP contribution in [0.4, 0.5) is 24.8 Å². The number of anilines is 2. The fourth-order valence-corrected chi connectivity index (χ4v) is 3.80. The van der Waals surface area contributed by atoms with Gasteiger partial charge in [-0.3, -0.25) is 4.79 Å². The number of amides is 1. The Morgan fingerprint density at radius 3 is 2.23 bits per heavy atom. The lowest BCUT2D eigenvalue weighted by molar-refractivity contribution is -0.138. The summed E-state index contributed by atoms with van der Waals surface area (Å²) in [4.78, 5) is 27.3. The van der Waals surface area contributed by atoms with E-state index in [1.807, 2.05) is 6.07 Å². The van der Waals surface area contributed by atoms with Gasteiger partial charge in [0.25, 0.3) is 0 Å². The maximum atomic E-state index is 12.9. The van der Waals surface area contributed by atoms with Crippen LogP contribution >= 0.6 is 0 Å². The lowest BCUT2D eigenvalue weighted by atomic mass is 10.1. The number of carbonyl (C=O) groups excluding carboxylic acids is 1. The summed E-state index contributed by atoms with van der Waals surface area (Å²) in [7, 11) is 0. The first-order valence-corrected chi connectivity index (χ1v) is 10.2. The molecule has 0 N–H and O–H groups in total. The minimum Gasteiger partial charge on any atom is -0.378 e. The van der Waals surface area contributed by atoms with Crippen LogP contribution < -0.4 is 9.80 Å². The Bertz CT molecular complexity index is 910. The average Bonchev–Trinajstić information content (AvgIpc) is 2.79. The maximum absolute atomic E-state index is 12.9. The van der Waals surface area contributed by atoms with Crippen molar-refractivity contribution in [2.75, 3.05) is 62.3 Å². The van der Waals surface area contributed by atoms with Crippen LogP contribution in [0.1, 0.15) is 11.1 Å². The van der Waals surface area contributed by atoms with Gasteiger partial charge in [-0.15, -0.1) is 0 Å². The number of ether oxygens (including phenoxy) is 1. The van der Waals surface area contributed by atoms with Crippen LogP contribution in [-0.2, 0) is 22.1 Å². The van der Waals surface area contributed by atoms with E-state index in [0.717, 1.165) is 36.9 Å². The van der Waals surface area contributed by atoms with Crippen molar-refractivity contribution in [2.45, 2.75) is 12.6 Å². The Balaban J connectivity index is 1.34. The van der Waals surface area contributed by atoms with Crippen LogP contribution in [0, 0.1) is 0 Å². The van der Waals surface area contributed by atoms with Gasteiger partial charge < -0.3 is 19.4 Å². The van der Waals surface area contributed by atoms with E-state index in [9.17, 15) is 18.0 Å². The summed E-state index contributed by atoms with van der Waals surface area (Å²) >= 11 is 0. The third kappa shape index (κ3) is 5.25. The quantitative estimate of drug-likeness (QED) is 0.734. The van der Waals surface area contributed by atoms with Gasteiger partial charge in [0.05, 0.1) is 25.2 Å². The first-order valence-electron chi connectivity index (χ1n) is 10.2. The molecule has 0 saturated carbocycles. The molecule has 2 aliphatic heterocycles. The number of benzene rings is 1. The summed E-state index contributed by atoms with van der Waals surface area (Å²) in [6, 6.07) is 6.90. The summed E-state index contributed by atoms with van der Waals surface area (Å²) in [5.74, 6) is 1.49. The van der Waals surface area contributed by atoms with E-state index in [2.05, 4.69) is 19.8 Å². The molecule has 4 rings (SSSR count). The van der Waals surface area contributed by atoms with Crippen molar-refractivity contribution >= 4 is 17.5 Å². The number of rotatable bonds is 4. The molecule has 0 atom stereocenters. The SMILES string of the molecule is O=C(Cc1cccc(C(F)(F)F)c1)N1CCN(c2cc(N3CCOCC3)ncn2)CC1. The molecule has 10 heteroatoms. The number of piperazine rings is 1.